The lowest BCUT2D eigenvalue weighted by atomic mass is 9.94. The van der Waals surface area contributed by atoms with Gasteiger partial charge >= 0.3 is 0 Å². The Bertz CT molecular complexity index is 1220. The van der Waals surface area contributed by atoms with Crippen molar-refractivity contribution in [3.8, 4) is 0 Å². The molecule has 0 saturated heterocycles. The van der Waals surface area contributed by atoms with Crippen molar-refractivity contribution in [2.24, 2.45) is 22.2 Å². The summed E-state index contributed by atoms with van der Waals surface area (Å²) < 4.78 is 0. The van der Waals surface area contributed by atoms with Crippen LogP contribution in [0.2, 0.25) is 10.0 Å². The summed E-state index contributed by atoms with van der Waals surface area (Å²) in [5, 5.41) is 14.1. The van der Waals surface area contributed by atoms with Crippen molar-refractivity contribution in [3.63, 3.8) is 0 Å². The van der Waals surface area contributed by atoms with Gasteiger partial charge in [-0.15, -0.1) is 0 Å². The third-order valence-corrected chi connectivity index (χ3v) is 6.23. The van der Waals surface area contributed by atoms with Crippen LogP contribution >= 0.6 is 23.2 Å². The molecule has 8 nitrogen and oxygen atoms in total. The van der Waals surface area contributed by atoms with Gasteiger partial charge in [0.05, 0.1) is 16.0 Å². The zero-order valence-corrected chi connectivity index (χ0v) is 20.4. The van der Waals surface area contributed by atoms with Gasteiger partial charge in [-0.1, -0.05) is 53.5 Å². The van der Waals surface area contributed by atoms with Crippen molar-refractivity contribution in [1.82, 2.24) is 0 Å². The molecular weight excluding hydrogens is 487 g/mol. The summed E-state index contributed by atoms with van der Waals surface area (Å²) >= 11 is 12.1. The van der Waals surface area contributed by atoms with Gasteiger partial charge in [-0.05, 0) is 54.4 Å². The molecule has 0 aromatic heterocycles. The monoisotopic (exact) mass is 514 g/mol. The van der Waals surface area contributed by atoms with Crippen LogP contribution < -0.4 is 28.3 Å². The molecule has 0 heterocycles. The van der Waals surface area contributed by atoms with Crippen molar-refractivity contribution in [1.29, 1.82) is 0 Å². The predicted octanol–water partition coefficient (Wildman–Crippen LogP) is 3.50. The Balaban J connectivity index is 1.82. The average Bonchev–Trinajstić information content (AvgIpc) is 2.85. The lowest BCUT2D eigenvalue weighted by Crippen LogP contribution is -2.24. The van der Waals surface area contributed by atoms with Crippen LogP contribution in [0.25, 0.3) is 0 Å². The number of aliphatic hydroxyl groups excluding tert-OH is 1. The second-order valence-corrected chi connectivity index (χ2v) is 8.74. The number of benzene rings is 3. The summed E-state index contributed by atoms with van der Waals surface area (Å²) in [5.41, 5.74) is 27.0. The smallest absolute Gasteiger partial charge is 0.231 e. The predicted molar refractivity (Wildman–Crippen MR) is 142 cm³/mol. The number of nitrogens with one attached hydrogen (secondary N) is 1. The number of carbonyl (C=O) groups is 1. The van der Waals surface area contributed by atoms with Crippen LogP contribution in [0.15, 0.2) is 65.7 Å². The van der Waals surface area contributed by atoms with E-state index in [9.17, 15) is 9.90 Å². The molecule has 0 saturated carbocycles. The van der Waals surface area contributed by atoms with E-state index >= 15 is 0 Å². The zero-order valence-electron chi connectivity index (χ0n) is 18.9. The average molecular weight is 515 g/mol. The highest BCUT2D eigenvalue weighted by molar-refractivity contribution is 6.42. The van der Waals surface area contributed by atoms with Crippen LogP contribution in [0.4, 0.5) is 11.4 Å². The Morgan fingerprint density at radius 1 is 0.971 bits per heavy atom. The largest absolute Gasteiger partial charge is 0.398 e. The Morgan fingerprint density at radius 3 is 2.29 bits per heavy atom. The van der Waals surface area contributed by atoms with E-state index in [0.717, 1.165) is 5.56 Å². The van der Waals surface area contributed by atoms with Crippen molar-refractivity contribution in [3.05, 3.63) is 93.0 Å². The molecule has 3 rings (SSSR count). The molecule has 3 aromatic carbocycles. The van der Waals surface area contributed by atoms with Gasteiger partial charge in [0.25, 0.3) is 0 Å². The number of rotatable bonds is 9. The lowest BCUT2D eigenvalue weighted by molar-refractivity contribution is -0.117. The summed E-state index contributed by atoms with van der Waals surface area (Å²) in [5.74, 6) is -0.794. The van der Waals surface area contributed by atoms with Crippen molar-refractivity contribution >= 4 is 46.3 Å². The molecule has 10 N–H and O–H groups in total. The minimum absolute atomic E-state index is 0.0250. The first-order chi connectivity index (χ1) is 16.7. The molecule has 1 amide bonds. The lowest BCUT2D eigenvalue weighted by Gasteiger charge is -2.18. The summed E-state index contributed by atoms with van der Waals surface area (Å²) in [6.45, 7) is 0.698. The number of aliphatic imine (C=N–C) groups is 1. The van der Waals surface area contributed by atoms with E-state index in [1.165, 1.54) is 0 Å². The summed E-state index contributed by atoms with van der Waals surface area (Å²) in [6.07, 6.45) is -0.785. The molecule has 35 heavy (non-hydrogen) atoms. The third-order valence-electron chi connectivity index (χ3n) is 5.49. The number of halogens is 2. The number of amides is 1. The third kappa shape index (κ3) is 6.72. The quantitative estimate of drug-likeness (QED) is 0.145. The normalized spacial score (nSPS) is 13.3. The van der Waals surface area contributed by atoms with Gasteiger partial charge in [-0.3, -0.25) is 4.79 Å². The van der Waals surface area contributed by atoms with E-state index in [1.54, 1.807) is 60.7 Å². The number of amidine groups is 1. The van der Waals surface area contributed by atoms with Crippen LogP contribution in [0.5, 0.6) is 0 Å². The van der Waals surface area contributed by atoms with E-state index in [1.807, 2.05) is 0 Å². The molecule has 3 aromatic rings. The molecule has 0 aliphatic rings. The second-order valence-electron chi connectivity index (χ2n) is 7.93. The topological polar surface area (TPSA) is 166 Å². The molecule has 0 aliphatic carbocycles. The molecule has 0 aliphatic heterocycles. The maximum atomic E-state index is 13.1. The van der Waals surface area contributed by atoms with Crippen molar-refractivity contribution in [2.75, 3.05) is 17.6 Å². The maximum Gasteiger partial charge on any atom is 0.231 e. The van der Waals surface area contributed by atoms with Gasteiger partial charge in [-0.2, -0.15) is 0 Å². The fourth-order valence-electron chi connectivity index (χ4n) is 3.53. The zero-order chi connectivity index (χ0) is 25.5. The van der Waals surface area contributed by atoms with Gasteiger partial charge in [0.1, 0.15) is 5.84 Å². The molecule has 0 spiro atoms. The first-order valence-corrected chi connectivity index (χ1v) is 11.6. The number of anilines is 2. The first-order valence-electron chi connectivity index (χ1n) is 10.9. The highest BCUT2D eigenvalue weighted by Crippen LogP contribution is 2.29. The Labute approximate surface area is 213 Å². The SMILES string of the molecule is NCCC(C(=O)Nc1ccc(N)c(/C(N)=N/C(O)c2ccc(CN)cc2)c1)c1ccc(Cl)c(Cl)c1. The molecule has 184 valence electrons. The number of aliphatic hydroxyl groups is 1. The molecule has 0 radical (unpaired) electrons. The maximum absolute atomic E-state index is 13.1. The van der Waals surface area contributed by atoms with Crippen LogP contribution in [-0.2, 0) is 11.3 Å². The van der Waals surface area contributed by atoms with Gasteiger partial charge in [0, 0.05) is 29.0 Å². The van der Waals surface area contributed by atoms with Gasteiger partial charge in [-0.25, -0.2) is 4.99 Å². The van der Waals surface area contributed by atoms with E-state index < -0.39 is 12.1 Å². The van der Waals surface area contributed by atoms with Gasteiger partial charge < -0.3 is 33.4 Å². The molecule has 10 heteroatoms. The Morgan fingerprint density at radius 2 is 1.66 bits per heavy atom. The van der Waals surface area contributed by atoms with Crippen molar-refractivity contribution in [2.45, 2.75) is 25.1 Å². The number of nitrogen functional groups attached to an aromatic ring is 1. The first kappa shape index (κ1) is 26.5. The Hall–Kier alpha value is -3.14. The minimum atomic E-state index is -1.19. The van der Waals surface area contributed by atoms with E-state index in [4.69, 9.17) is 46.1 Å². The minimum Gasteiger partial charge on any atom is -0.398 e. The number of carbonyl (C=O) groups excluding carboxylic acids is 1. The van der Waals surface area contributed by atoms with Crippen LogP contribution in [0.1, 0.15) is 40.8 Å². The molecular formula is C25H28Cl2N6O2. The molecule has 2 unspecified atom stereocenters. The Kier molecular flexibility index (Phi) is 9.08. The number of hydrogen-bond donors (Lipinski definition) is 6. The van der Waals surface area contributed by atoms with Gasteiger partial charge in [0.15, 0.2) is 6.23 Å². The summed E-state index contributed by atoms with van der Waals surface area (Å²) in [7, 11) is 0. The van der Waals surface area contributed by atoms with Crippen LogP contribution in [0, 0.1) is 0 Å². The number of nitrogens with two attached hydrogens (primary N) is 4. The molecule has 2 atom stereocenters. The van der Waals surface area contributed by atoms with E-state index in [0.29, 0.717) is 57.6 Å². The molecule has 0 bridgehead atoms. The van der Waals surface area contributed by atoms with Crippen LogP contribution in [-0.4, -0.2) is 23.4 Å². The van der Waals surface area contributed by atoms with E-state index in [-0.39, 0.29) is 11.7 Å². The van der Waals surface area contributed by atoms with Crippen molar-refractivity contribution < 1.29 is 9.90 Å². The molecule has 0 fully saturated rings. The van der Waals surface area contributed by atoms with E-state index in [2.05, 4.69) is 10.3 Å². The highest BCUT2D eigenvalue weighted by Gasteiger charge is 2.21. The number of hydrogen-bond acceptors (Lipinski definition) is 6. The summed E-state index contributed by atoms with van der Waals surface area (Å²) in [6, 6.07) is 17.0. The standard InChI is InChI=1S/C25H28Cl2N6O2/c26-20-7-5-16(11-21(20)27)18(9-10-28)25(35)32-17-6-8-22(30)19(12-17)23(31)33-24(34)15-3-1-14(13-29)2-4-15/h1-8,11-12,18,24,34H,9-10,13,28-30H2,(H2,31,33)(H,32,35). The van der Waals surface area contributed by atoms with Gasteiger partial charge in [0.2, 0.25) is 5.91 Å². The number of nitrogens with zero attached hydrogens (tertiary/aromatic N) is 1. The fraction of sp³-hybridized carbons (Fsp3) is 0.200. The van der Waals surface area contributed by atoms with Crippen LogP contribution in [0.3, 0.4) is 0 Å². The highest BCUT2D eigenvalue weighted by atomic mass is 35.5. The summed E-state index contributed by atoms with van der Waals surface area (Å²) in [4.78, 5) is 17.3. The second kappa shape index (κ2) is 12.0. The fourth-order valence-corrected chi connectivity index (χ4v) is 3.84.